The van der Waals surface area contributed by atoms with Crippen molar-refractivity contribution < 1.29 is 15.0 Å². The van der Waals surface area contributed by atoms with Crippen LogP contribution in [-0.2, 0) is 6.42 Å². The molecule has 0 bridgehead atoms. The molecule has 0 saturated heterocycles. The molecule has 0 heterocycles. The predicted molar refractivity (Wildman–Crippen MR) is 85.8 cm³/mol. The largest absolute Gasteiger partial charge is 0.508 e. The summed E-state index contributed by atoms with van der Waals surface area (Å²) < 4.78 is 0. The summed E-state index contributed by atoms with van der Waals surface area (Å²) in [6.45, 7) is 2.01. The molecule has 0 aliphatic heterocycles. The fraction of sp³-hybridized carbons (Fsp3) is 0.588. The number of nitrogens with one attached hydrogen (secondary N) is 1. The number of aliphatic hydroxyl groups excluding tert-OH is 1. The van der Waals surface area contributed by atoms with Gasteiger partial charge in [0.1, 0.15) is 5.75 Å². The Morgan fingerprint density at radius 2 is 1.86 bits per heavy atom. The minimum Gasteiger partial charge on any atom is -0.508 e. The fourth-order valence-electron chi connectivity index (χ4n) is 2.81. The van der Waals surface area contributed by atoms with E-state index in [0.717, 1.165) is 37.7 Å². The second-order valence-electron chi connectivity index (χ2n) is 6.29. The van der Waals surface area contributed by atoms with Crippen molar-refractivity contribution in [2.45, 2.75) is 57.2 Å². The topological polar surface area (TPSA) is 72.8 Å². The second-order valence-corrected chi connectivity index (χ2v) is 6.29. The van der Waals surface area contributed by atoms with E-state index in [0.29, 0.717) is 0 Å². The van der Waals surface area contributed by atoms with Crippen molar-refractivity contribution in [3.05, 3.63) is 29.8 Å². The third kappa shape index (κ3) is 4.63. The molecule has 1 fully saturated rings. The number of carbonyl (C=O) groups excluding carboxylic acids is 1. The zero-order valence-corrected chi connectivity index (χ0v) is 13.3. The van der Waals surface area contributed by atoms with Gasteiger partial charge in [0, 0.05) is 19.1 Å². The fourth-order valence-corrected chi connectivity index (χ4v) is 2.81. The monoisotopic (exact) mass is 306 g/mol. The van der Waals surface area contributed by atoms with Crippen molar-refractivity contribution in [3.63, 3.8) is 0 Å². The van der Waals surface area contributed by atoms with Crippen LogP contribution in [0.4, 0.5) is 4.79 Å². The van der Waals surface area contributed by atoms with Crippen molar-refractivity contribution in [1.29, 1.82) is 0 Å². The molecule has 122 valence electrons. The zero-order valence-electron chi connectivity index (χ0n) is 13.3. The van der Waals surface area contributed by atoms with Gasteiger partial charge in [0.2, 0.25) is 0 Å². The molecule has 1 aromatic carbocycles. The van der Waals surface area contributed by atoms with E-state index in [1.807, 2.05) is 19.1 Å². The summed E-state index contributed by atoms with van der Waals surface area (Å²) in [7, 11) is 1.80. The molecule has 22 heavy (non-hydrogen) atoms. The first-order valence-electron chi connectivity index (χ1n) is 7.95. The van der Waals surface area contributed by atoms with Gasteiger partial charge in [-0.05, 0) is 56.7 Å². The highest BCUT2D eigenvalue weighted by Gasteiger charge is 2.23. The number of urea groups is 1. The Bertz CT molecular complexity index is 481. The van der Waals surface area contributed by atoms with Crippen LogP contribution in [0.25, 0.3) is 0 Å². The molecule has 2 amide bonds. The number of amides is 2. The minimum atomic E-state index is -0.209. The SMILES string of the molecule is C[C@@H](Cc1ccc(O)cc1)N(C)C(=O)NC1CCC(O)CC1. The van der Waals surface area contributed by atoms with Gasteiger partial charge in [0.05, 0.1) is 6.10 Å². The van der Waals surface area contributed by atoms with E-state index in [4.69, 9.17) is 0 Å². The Morgan fingerprint density at radius 3 is 2.45 bits per heavy atom. The Labute approximate surface area is 131 Å². The van der Waals surface area contributed by atoms with E-state index < -0.39 is 0 Å². The van der Waals surface area contributed by atoms with E-state index in [1.54, 1.807) is 24.1 Å². The third-order valence-electron chi connectivity index (χ3n) is 4.47. The molecule has 0 spiro atoms. The number of hydrogen-bond donors (Lipinski definition) is 3. The number of nitrogens with zero attached hydrogens (tertiary/aromatic N) is 1. The predicted octanol–water partition coefficient (Wildman–Crippen LogP) is 2.27. The molecule has 0 unspecified atom stereocenters. The van der Waals surface area contributed by atoms with Crippen molar-refractivity contribution in [1.82, 2.24) is 10.2 Å². The van der Waals surface area contributed by atoms with Gasteiger partial charge in [-0.3, -0.25) is 0 Å². The van der Waals surface area contributed by atoms with Gasteiger partial charge >= 0.3 is 6.03 Å². The van der Waals surface area contributed by atoms with Crippen molar-refractivity contribution in [2.24, 2.45) is 0 Å². The molecule has 5 nitrogen and oxygen atoms in total. The smallest absolute Gasteiger partial charge is 0.317 e. The molecule has 0 radical (unpaired) electrons. The first-order chi connectivity index (χ1) is 10.5. The van der Waals surface area contributed by atoms with Gasteiger partial charge in [-0.15, -0.1) is 0 Å². The Hall–Kier alpha value is -1.75. The van der Waals surface area contributed by atoms with Crippen LogP contribution in [0, 0.1) is 0 Å². The number of carbonyl (C=O) groups is 1. The lowest BCUT2D eigenvalue weighted by molar-refractivity contribution is 0.115. The first-order valence-corrected chi connectivity index (χ1v) is 7.95. The lowest BCUT2D eigenvalue weighted by atomic mass is 9.93. The molecule has 2 rings (SSSR count). The van der Waals surface area contributed by atoms with Crippen LogP contribution < -0.4 is 5.32 Å². The summed E-state index contributed by atoms with van der Waals surface area (Å²) in [5, 5.41) is 21.8. The molecular formula is C17H26N2O3. The molecule has 5 heteroatoms. The van der Waals surface area contributed by atoms with Crippen LogP contribution in [0.2, 0.25) is 0 Å². The van der Waals surface area contributed by atoms with E-state index in [1.165, 1.54) is 0 Å². The van der Waals surface area contributed by atoms with Crippen molar-refractivity contribution in [2.75, 3.05) is 7.05 Å². The van der Waals surface area contributed by atoms with Crippen molar-refractivity contribution >= 4 is 6.03 Å². The van der Waals surface area contributed by atoms with Crippen LogP contribution in [0.1, 0.15) is 38.2 Å². The van der Waals surface area contributed by atoms with Crippen LogP contribution >= 0.6 is 0 Å². The van der Waals surface area contributed by atoms with Crippen LogP contribution in [0.15, 0.2) is 24.3 Å². The highest BCUT2D eigenvalue weighted by Crippen LogP contribution is 2.19. The lowest BCUT2D eigenvalue weighted by Crippen LogP contribution is -2.48. The van der Waals surface area contributed by atoms with Gasteiger partial charge in [-0.25, -0.2) is 4.79 Å². The average Bonchev–Trinajstić information content (AvgIpc) is 2.51. The summed E-state index contributed by atoms with van der Waals surface area (Å²) >= 11 is 0. The Morgan fingerprint density at radius 1 is 1.27 bits per heavy atom. The number of phenols is 1. The maximum atomic E-state index is 12.3. The van der Waals surface area contributed by atoms with Crippen LogP contribution in [0.3, 0.4) is 0 Å². The summed E-state index contributed by atoms with van der Waals surface area (Å²) in [5.74, 6) is 0.252. The van der Waals surface area contributed by atoms with Gasteiger partial charge in [0.15, 0.2) is 0 Å². The number of rotatable bonds is 4. The zero-order chi connectivity index (χ0) is 16.1. The number of aromatic hydroxyl groups is 1. The van der Waals surface area contributed by atoms with E-state index in [9.17, 15) is 15.0 Å². The lowest BCUT2D eigenvalue weighted by Gasteiger charge is -2.31. The molecule has 0 aromatic heterocycles. The average molecular weight is 306 g/mol. The highest BCUT2D eigenvalue weighted by molar-refractivity contribution is 5.74. The number of likely N-dealkylation sites (N-methyl/N-ethyl adjacent to an activating group) is 1. The molecule has 3 N–H and O–H groups in total. The van der Waals surface area contributed by atoms with Gasteiger partial charge in [0.25, 0.3) is 0 Å². The van der Waals surface area contributed by atoms with Gasteiger partial charge < -0.3 is 20.4 Å². The quantitative estimate of drug-likeness (QED) is 0.799. The van der Waals surface area contributed by atoms with E-state index in [-0.39, 0.29) is 30.0 Å². The van der Waals surface area contributed by atoms with Crippen LogP contribution in [-0.4, -0.2) is 46.4 Å². The Kier molecular flexibility index (Phi) is 5.66. The maximum absolute atomic E-state index is 12.3. The molecule has 1 aromatic rings. The molecule has 1 aliphatic carbocycles. The number of aliphatic hydroxyl groups is 1. The Balaban J connectivity index is 1.82. The molecule has 1 atom stereocenters. The second kappa shape index (κ2) is 7.49. The first kappa shape index (κ1) is 16.6. The summed E-state index contributed by atoms with van der Waals surface area (Å²) in [4.78, 5) is 14.0. The van der Waals surface area contributed by atoms with E-state index >= 15 is 0 Å². The number of benzene rings is 1. The molecular weight excluding hydrogens is 280 g/mol. The molecule has 1 aliphatic rings. The van der Waals surface area contributed by atoms with E-state index in [2.05, 4.69) is 5.32 Å². The highest BCUT2D eigenvalue weighted by atomic mass is 16.3. The van der Waals surface area contributed by atoms with Crippen LogP contribution in [0.5, 0.6) is 5.75 Å². The summed E-state index contributed by atoms with van der Waals surface area (Å²) in [6.07, 6.45) is 3.74. The minimum absolute atomic E-state index is 0.0623. The normalized spacial score (nSPS) is 22.9. The number of hydrogen-bond acceptors (Lipinski definition) is 3. The van der Waals surface area contributed by atoms with Crippen molar-refractivity contribution in [3.8, 4) is 5.75 Å². The summed E-state index contributed by atoms with van der Waals surface area (Å²) in [5.41, 5.74) is 1.09. The third-order valence-corrected chi connectivity index (χ3v) is 4.47. The van der Waals surface area contributed by atoms with Gasteiger partial charge in [-0.1, -0.05) is 12.1 Å². The summed E-state index contributed by atoms with van der Waals surface area (Å²) in [6, 6.07) is 7.25. The maximum Gasteiger partial charge on any atom is 0.317 e. The molecule has 1 saturated carbocycles. The number of phenolic OH excluding ortho intramolecular Hbond substituents is 1. The standard InChI is InChI=1S/C17H26N2O3/c1-12(11-13-3-7-15(20)8-4-13)19(2)17(22)18-14-5-9-16(21)10-6-14/h3-4,7-8,12,14,16,20-21H,5-6,9-11H2,1-2H3,(H,18,22)/t12-,14?,16?/m0/s1. The van der Waals surface area contributed by atoms with Gasteiger partial charge in [-0.2, -0.15) is 0 Å².